The van der Waals surface area contributed by atoms with E-state index in [9.17, 15) is 19.7 Å². The van der Waals surface area contributed by atoms with Crippen LogP contribution in [0.2, 0.25) is 0 Å². The molecule has 2 amide bonds. The van der Waals surface area contributed by atoms with Gasteiger partial charge in [-0.05, 0) is 42.5 Å². The number of methoxy groups -OCH3 is 3. The molecule has 190 valence electrons. The molecule has 0 heterocycles. The average Bonchev–Trinajstić information content (AvgIpc) is 2.92. The molecular weight excluding hydrogens is 480 g/mol. The standard InChI is InChI=1S/C26H24N4O7/c1-35-20-11-10-19(24(15-20)37-3)14-21(28-25(31)18-7-5-4-6-8-18)26(32)29-27-16-17-9-12-23(36-2)22(13-17)30(33)34/h4-16H,1-3H3,(H,28,31)(H,29,32)/b21-14+,27-16?. The van der Waals surface area contributed by atoms with Crippen LogP contribution in [-0.4, -0.2) is 44.3 Å². The maximum absolute atomic E-state index is 13.0. The molecule has 3 aromatic rings. The van der Waals surface area contributed by atoms with Crippen LogP contribution in [0.5, 0.6) is 17.2 Å². The number of nitrogens with zero attached hydrogens (tertiary/aromatic N) is 2. The van der Waals surface area contributed by atoms with E-state index >= 15 is 0 Å². The summed E-state index contributed by atoms with van der Waals surface area (Å²) in [6, 6.07) is 17.6. The van der Waals surface area contributed by atoms with Crippen LogP contribution in [0, 0.1) is 10.1 Å². The van der Waals surface area contributed by atoms with Crippen LogP contribution in [0.3, 0.4) is 0 Å². The molecule has 0 radical (unpaired) electrons. The molecule has 0 spiro atoms. The number of hydrogen-bond acceptors (Lipinski definition) is 8. The van der Waals surface area contributed by atoms with E-state index in [0.29, 0.717) is 28.2 Å². The van der Waals surface area contributed by atoms with Crippen molar-refractivity contribution in [2.45, 2.75) is 0 Å². The Morgan fingerprint density at radius 1 is 0.919 bits per heavy atom. The first-order chi connectivity index (χ1) is 17.9. The van der Waals surface area contributed by atoms with Gasteiger partial charge in [0.25, 0.3) is 11.8 Å². The highest BCUT2D eigenvalue weighted by atomic mass is 16.6. The molecule has 0 saturated heterocycles. The fraction of sp³-hybridized carbons (Fsp3) is 0.115. The second kappa shape index (κ2) is 12.5. The second-order valence-corrected chi connectivity index (χ2v) is 7.37. The number of nitro groups is 1. The molecule has 3 aromatic carbocycles. The van der Waals surface area contributed by atoms with Crippen LogP contribution in [0.1, 0.15) is 21.5 Å². The van der Waals surface area contributed by atoms with Gasteiger partial charge in [-0.1, -0.05) is 18.2 Å². The Bertz CT molecular complexity index is 1350. The van der Waals surface area contributed by atoms with Crippen molar-refractivity contribution in [1.29, 1.82) is 0 Å². The summed E-state index contributed by atoms with van der Waals surface area (Å²) in [5, 5.41) is 17.7. The third kappa shape index (κ3) is 6.92. The largest absolute Gasteiger partial charge is 0.497 e. The zero-order valence-electron chi connectivity index (χ0n) is 20.3. The third-order valence-electron chi connectivity index (χ3n) is 5.05. The SMILES string of the molecule is COc1ccc(/C=C(/NC(=O)c2ccccc2)C(=O)NN=Cc2ccc(OC)c([N+](=O)[O-])c2)c(OC)c1. The van der Waals surface area contributed by atoms with Crippen LogP contribution in [0.15, 0.2) is 77.5 Å². The first-order valence-electron chi connectivity index (χ1n) is 10.8. The van der Waals surface area contributed by atoms with Crippen LogP contribution < -0.4 is 25.0 Å². The van der Waals surface area contributed by atoms with Crippen LogP contribution in [0.4, 0.5) is 5.69 Å². The quantitative estimate of drug-likeness (QED) is 0.186. The van der Waals surface area contributed by atoms with Gasteiger partial charge in [-0.2, -0.15) is 5.10 Å². The molecule has 0 fully saturated rings. The minimum Gasteiger partial charge on any atom is -0.497 e. The maximum atomic E-state index is 13.0. The highest BCUT2D eigenvalue weighted by molar-refractivity contribution is 6.05. The van der Waals surface area contributed by atoms with E-state index in [2.05, 4.69) is 15.8 Å². The molecule has 0 bridgehead atoms. The summed E-state index contributed by atoms with van der Waals surface area (Å²) >= 11 is 0. The first kappa shape index (κ1) is 26.4. The van der Waals surface area contributed by atoms with Gasteiger partial charge in [-0.3, -0.25) is 19.7 Å². The topological polar surface area (TPSA) is 141 Å². The molecule has 2 N–H and O–H groups in total. The molecule has 0 aliphatic rings. The lowest BCUT2D eigenvalue weighted by atomic mass is 10.1. The van der Waals surface area contributed by atoms with Gasteiger partial charge in [0.05, 0.1) is 32.5 Å². The number of rotatable bonds is 10. The lowest BCUT2D eigenvalue weighted by molar-refractivity contribution is -0.385. The predicted octanol–water partition coefficient (Wildman–Crippen LogP) is 3.54. The number of ether oxygens (including phenoxy) is 3. The molecule has 0 atom stereocenters. The van der Waals surface area contributed by atoms with Gasteiger partial charge < -0.3 is 19.5 Å². The molecule has 11 heteroatoms. The average molecular weight is 504 g/mol. The fourth-order valence-corrected chi connectivity index (χ4v) is 3.19. The van der Waals surface area contributed by atoms with Gasteiger partial charge in [0.1, 0.15) is 17.2 Å². The number of hydrazone groups is 1. The number of carbonyl (C=O) groups is 2. The Morgan fingerprint density at radius 3 is 2.30 bits per heavy atom. The van der Waals surface area contributed by atoms with E-state index in [1.807, 2.05) is 0 Å². The van der Waals surface area contributed by atoms with E-state index in [4.69, 9.17) is 14.2 Å². The van der Waals surface area contributed by atoms with Crippen LogP contribution in [-0.2, 0) is 4.79 Å². The molecule has 0 aromatic heterocycles. The van der Waals surface area contributed by atoms with Crippen LogP contribution >= 0.6 is 0 Å². The van der Waals surface area contributed by atoms with E-state index in [1.165, 1.54) is 51.8 Å². The number of benzene rings is 3. The number of nitrogens with one attached hydrogen (secondary N) is 2. The van der Waals surface area contributed by atoms with Gasteiger partial charge >= 0.3 is 5.69 Å². The Hall–Kier alpha value is -5.19. The van der Waals surface area contributed by atoms with Crippen molar-refractivity contribution in [3.63, 3.8) is 0 Å². The molecule has 0 unspecified atom stereocenters. The number of nitro benzene ring substituents is 1. The van der Waals surface area contributed by atoms with Crippen molar-refractivity contribution in [3.8, 4) is 17.2 Å². The van der Waals surface area contributed by atoms with Gasteiger partial charge in [0, 0.05) is 28.8 Å². The van der Waals surface area contributed by atoms with Gasteiger partial charge in [0.2, 0.25) is 0 Å². The maximum Gasteiger partial charge on any atom is 0.311 e. The third-order valence-corrected chi connectivity index (χ3v) is 5.05. The minimum atomic E-state index is -0.735. The summed E-state index contributed by atoms with van der Waals surface area (Å²) in [4.78, 5) is 36.4. The summed E-state index contributed by atoms with van der Waals surface area (Å²) < 4.78 is 15.6. The fourth-order valence-electron chi connectivity index (χ4n) is 3.19. The Labute approximate surface area is 212 Å². The van der Waals surface area contributed by atoms with Crippen molar-refractivity contribution in [2.75, 3.05) is 21.3 Å². The highest BCUT2D eigenvalue weighted by Gasteiger charge is 2.17. The minimum absolute atomic E-state index is 0.0912. The van der Waals surface area contributed by atoms with Crippen molar-refractivity contribution in [3.05, 3.63) is 99.2 Å². The summed E-state index contributed by atoms with van der Waals surface area (Å²) in [5.74, 6) is -0.196. The highest BCUT2D eigenvalue weighted by Crippen LogP contribution is 2.27. The Balaban J connectivity index is 1.89. The lowest BCUT2D eigenvalue weighted by Crippen LogP contribution is -2.32. The number of amides is 2. The zero-order chi connectivity index (χ0) is 26.8. The molecular formula is C26H24N4O7. The Morgan fingerprint density at radius 2 is 1.65 bits per heavy atom. The smallest absolute Gasteiger partial charge is 0.311 e. The summed E-state index contributed by atoms with van der Waals surface area (Å²) in [5.41, 5.74) is 3.15. The Kier molecular flexibility index (Phi) is 8.92. The molecule has 0 aliphatic heterocycles. The first-order valence-corrected chi connectivity index (χ1v) is 10.8. The predicted molar refractivity (Wildman–Crippen MR) is 137 cm³/mol. The van der Waals surface area contributed by atoms with E-state index in [-0.39, 0.29) is 17.1 Å². The number of carbonyl (C=O) groups excluding carboxylic acids is 2. The van der Waals surface area contributed by atoms with Gasteiger partial charge in [-0.25, -0.2) is 5.43 Å². The normalized spacial score (nSPS) is 11.1. The van der Waals surface area contributed by atoms with Gasteiger partial charge in [-0.15, -0.1) is 0 Å². The molecule has 0 aliphatic carbocycles. The molecule has 11 nitrogen and oxygen atoms in total. The van der Waals surface area contributed by atoms with E-state index < -0.39 is 16.7 Å². The van der Waals surface area contributed by atoms with Crippen molar-refractivity contribution >= 4 is 29.8 Å². The molecule has 0 saturated carbocycles. The number of hydrogen-bond donors (Lipinski definition) is 2. The van der Waals surface area contributed by atoms with Crippen molar-refractivity contribution < 1.29 is 28.7 Å². The second-order valence-electron chi connectivity index (χ2n) is 7.37. The van der Waals surface area contributed by atoms with E-state index in [0.717, 1.165) is 0 Å². The summed E-state index contributed by atoms with van der Waals surface area (Å²) in [6.45, 7) is 0. The lowest BCUT2D eigenvalue weighted by Gasteiger charge is -2.11. The zero-order valence-corrected chi connectivity index (χ0v) is 20.3. The van der Waals surface area contributed by atoms with E-state index in [1.54, 1.807) is 48.5 Å². The molecule has 3 rings (SSSR count). The van der Waals surface area contributed by atoms with Crippen molar-refractivity contribution in [1.82, 2.24) is 10.7 Å². The molecule has 37 heavy (non-hydrogen) atoms. The van der Waals surface area contributed by atoms with Crippen LogP contribution in [0.25, 0.3) is 6.08 Å². The van der Waals surface area contributed by atoms with Crippen molar-refractivity contribution in [2.24, 2.45) is 5.10 Å². The summed E-state index contributed by atoms with van der Waals surface area (Å²) in [6.07, 6.45) is 2.66. The van der Waals surface area contributed by atoms with Gasteiger partial charge in [0.15, 0.2) is 5.75 Å². The monoisotopic (exact) mass is 504 g/mol. The summed E-state index contributed by atoms with van der Waals surface area (Å²) in [7, 11) is 4.30.